The topological polar surface area (TPSA) is 60.5 Å². The van der Waals surface area contributed by atoms with Gasteiger partial charge in [-0.05, 0) is 11.5 Å². The molecule has 0 atom stereocenters. The van der Waals surface area contributed by atoms with E-state index in [1.54, 1.807) is 7.11 Å². The SMILES string of the molecule is COCCOCCNC(=O)c1snc(Cl)c1Cl. The molecule has 0 unspecified atom stereocenters. The van der Waals surface area contributed by atoms with E-state index in [-0.39, 0.29) is 16.1 Å². The van der Waals surface area contributed by atoms with Crippen molar-refractivity contribution in [3.05, 3.63) is 15.1 Å². The maximum absolute atomic E-state index is 11.6. The van der Waals surface area contributed by atoms with Crippen LogP contribution < -0.4 is 5.32 Å². The first-order valence-corrected chi connectivity index (χ1v) is 6.35. The molecule has 0 aliphatic carbocycles. The molecular formula is C9H12Cl2N2O3S. The number of methoxy groups -OCH3 is 1. The molecular weight excluding hydrogens is 287 g/mol. The summed E-state index contributed by atoms with van der Waals surface area (Å²) < 4.78 is 13.8. The second-order valence-corrected chi connectivity index (χ2v) is 4.49. The molecule has 1 heterocycles. The Hall–Kier alpha value is -0.400. The summed E-state index contributed by atoms with van der Waals surface area (Å²) in [5, 5.41) is 2.99. The summed E-state index contributed by atoms with van der Waals surface area (Å²) in [6.07, 6.45) is 0. The zero-order valence-corrected chi connectivity index (χ0v) is 11.5. The quantitative estimate of drug-likeness (QED) is 0.781. The largest absolute Gasteiger partial charge is 0.382 e. The Labute approximate surface area is 113 Å². The highest BCUT2D eigenvalue weighted by atomic mass is 35.5. The Bertz CT molecular complexity index is 373. The Balaban J connectivity index is 2.24. The molecule has 0 aromatic carbocycles. The first-order valence-electron chi connectivity index (χ1n) is 4.82. The Morgan fingerprint density at radius 3 is 2.76 bits per heavy atom. The van der Waals surface area contributed by atoms with Crippen LogP contribution >= 0.6 is 34.7 Å². The van der Waals surface area contributed by atoms with Gasteiger partial charge in [-0.25, -0.2) is 0 Å². The smallest absolute Gasteiger partial charge is 0.264 e. The minimum absolute atomic E-state index is 0.151. The van der Waals surface area contributed by atoms with Crippen LogP contribution in [0.3, 0.4) is 0 Å². The summed E-state index contributed by atoms with van der Waals surface area (Å²) in [6, 6.07) is 0. The van der Waals surface area contributed by atoms with Gasteiger partial charge in [0.1, 0.15) is 9.90 Å². The molecule has 1 rings (SSSR count). The standard InChI is InChI=1S/C9H12Cl2N2O3S/c1-15-4-5-16-3-2-12-9(14)7-6(10)8(11)13-17-7/h2-5H2,1H3,(H,12,14). The second kappa shape index (κ2) is 7.84. The van der Waals surface area contributed by atoms with Crippen molar-refractivity contribution in [3.63, 3.8) is 0 Å². The molecule has 0 spiro atoms. The fraction of sp³-hybridized carbons (Fsp3) is 0.556. The van der Waals surface area contributed by atoms with Gasteiger partial charge in [-0.3, -0.25) is 4.79 Å². The van der Waals surface area contributed by atoms with Crippen molar-refractivity contribution in [1.29, 1.82) is 0 Å². The summed E-state index contributed by atoms with van der Waals surface area (Å²) in [7, 11) is 1.60. The van der Waals surface area contributed by atoms with Gasteiger partial charge < -0.3 is 14.8 Å². The number of carbonyl (C=O) groups is 1. The zero-order valence-electron chi connectivity index (χ0n) is 9.16. The number of nitrogens with zero attached hydrogens (tertiary/aromatic N) is 1. The Morgan fingerprint density at radius 1 is 1.41 bits per heavy atom. The van der Waals surface area contributed by atoms with Gasteiger partial charge in [-0.2, -0.15) is 4.37 Å². The number of nitrogens with one attached hydrogen (secondary N) is 1. The van der Waals surface area contributed by atoms with Gasteiger partial charge in [0.2, 0.25) is 0 Å². The first kappa shape index (κ1) is 14.7. The van der Waals surface area contributed by atoms with Crippen molar-refractivity contribution in [2.75, 3.05) is 33.5 Å². The monoisotopic (exact) mass is 298 g/mol. The highest BCUT2D eigenvalue weighted by molar-refractivity contribution is 7.09. The van der Waals surface area contributed by atoms with Crippen LogP contribution in [0.15, 0.2) is 0 Å². The minimum Gasteiger partial charge on any atom is -0.382 e. The molecule has 0 fully saturated rings. The number of halogens is 2. The van der Waals surface area contributed by atoms with Gasteiger partial charge in [-0.1, -0.05) is 23.2 Å². The molecule has 8 heteroatoms. The van der Waals surface area contributed by atoms with E-state index in [2.05, 4.69) is 9.69 Å². The third kappa shape index (κ3) is 4.77. The summed E-state index contributed by atoms with van der Waals surface area (Å²) in [6.45, 7) is 1.84. The molecule has 0 aliphatic rings. The van der Waals surface area contributed by atoms with Gasteiger partial charge in [-0.15, -0.1) is 0 Å². The predicted molar refractivity (Wildman–Crippen MR) is 67.2 cm³/mol. The third-order valence-corrected chi connectivity index (χ3v) is 3.56. The maximum atomic E-state index is 11.6. The lowest BCUT2D eigenvalue weighted by molar-refractivity contribution is 0.0693. The van der Waals surface area contributed by atoms with E-state index < -0.39 is 0 Å². The van der Waals surface area contributed by atoms with Crippen molar-refractivity contribution in [3.8, 4) is 0 Å². The highest BCUT2D eigenvalue weighted by Crippen LogP contribution is 2.28. The number of hydrogen-bond acceptors (Lipinski definition) is 5. The second-order valence-electron chi connectivity index (χ2n) is 2.98. The predicted octanol–water partition coefficient (Wildman–Crippen LogP) is 1.84. The van der Waals surface area contributed by atoms with Gasteiger partial charge >= 0.3 is 0 Å². The first-order chi connectivity index (χ1) is 8.16. The van der Waals surface area contributed by atoms with Crippen LogP contribution in [0, 0.1) is 0 Å². The fourth-order valence-corrected chi connectivity index (χ4v) is 2.09. The fourth-order valence-electron chi connectivity index (χ4n) is 0.962. The van der Waals surface area contributed by atoms with E-state index >= 15 is 0 Å². The number of rotatable bonds is 7. The van der Waals surface area contributed by atoms with E-state index in [1.165, 1.54) is 0 Å². The molecule has 1 N–H and O–H groups in total. The van der Waals surface area contributed by atoms with Gasteiger partial charge in [0.05, 0.1) is 19.8 Å². The molecule has 1 aromatic heterocycles. The van der Waals surface area contributed by atoms with Crippen LogP contribution in [0.5, 0.6) is 0 Å². The summed E-state index contributed by atoms with van der Waals surface area (Å²) in [4.78, 5) is 11.9. The Kier molecular flexibility index (Phi) is 6.76. The van der Waals surface area contributed by atoms with E-state index in [0.29, 0.717) is 31.2 Å². The van der Waals surface area contributed by atoms with Crippen molar-refractivity contribution < 1.29 is 14.3 Å². The molecule has 96 valence electrons. The van der Waals surface area contributed by atoms with Gasteiger partial charge in [0.25, 0.3) is 5.91 Å². The van der Waals surface area contributed by atoms with Gasteiger partial charge in [0.15, 0.2) is 5.15 Å². The van der Waals surface area contributed by atoms with Crippen molar-refractivity contribution in [1.82, 2.24) is 9.69 Å². The van der Waals surface area contributed by atoms with E-state index in [0.717, 1.165) is 11.5 Å². The normalized spacial score (nSPS) is 10.5. The molecule has 5 nitrogen and oxygen atoms in total. The molecule has 0 saturated heterocycles. The summed E-state index contributed by atoms with van der Waals surface area (Å²) >= 11 is 12.4. The lowest BCUT2D eigenvalue weighted by Crippen LogP contribution is -2.27. The number of aromatic nitrogens is 1. The van der Waals surface area contributed by atoms with Gasteiger partial charge in [0, 0.05) is 13.7 Å². The number of hydrogen-bond donors (Lipinski definition) is 1. The maximum Gasteiger partial charge on any atom is 0.264 e. The molecule has 0 radical (unpaired) electrons. The highest BCUT2D eigenvalue weighted by Gasteiger charge is 2.16. The summed E-state index contributed by atoms with van der Waals surface area (Å²) in [5.41, 5.74) is 0. The van der Waals surface area contributed by atoms with Crippen molar-refractivity contribution >= 4 is 40.6 Å². The lowest BCUT2D eigenvalue weighted by Gasteiger charge is -2.04. The molecule has 17 heavy (non-hydrogen) atoms. The van der Waals surface area contributed by atoms with E-state index in [9.17, 15) is 4.79 Å². The Morgan fingerprint density at radius 2 is 2.18 bits per heavy atom. The van der Waals surface area contributed by atoms with Crippen LogP contribution in [0.4, 0.5) is 0 Å². The van der Waals surface area contributed by atoms with Crippen LogP contribution in [0.2, 0.25) is 10.2 Å². The van der Waals surface area contributed by atoms with Crippen molar-refractivity contribution in [2.45, 2.75) is 0 Å². The zero-order chi connectivity index (χ0) is 12.7. The number of ether oxygens (including phenoxy) is 2. The average Bonchev–Trinajstić information content (AvgIpc) is 2.64. The average molecular weight is 299 g/mol. The number of carbonyl (C=O) groups excluding carboxylic acids is 1. The lowest BCUT2D eigenvalue weighted by atomic mass is 10.4. The number of amides is 1. The van der Waals surface area contributed by atoms with Crippen LogP contribution in [0.1, 0.15) is 9.67 Å². The summed E-state index contributed by atoms with van der Waals surface area (Å²) in [5.74, 6) is -0.297. The molecule has 0 bridgehead atoms. The van der Waals surface area contributed by atoms with Crippen LogP contribution in [-0.2, 0) is 9.47 Å². The molecule has 0 aliphatic heterocycles. The van der Waals surface area contributed by atoms with Crippen LogP contribution in [0.25, 0.3) is 0 Å². The third-order valence-electron chi connectivity index (χ3n) is 1.77. The minimum atomic E-state index is -0.297. The molecule has 1 aromatic rings. The van der Waals surface area contributed by atoms with E-state index in [4.69, 9.17) is 32.7 Å². The molecule has 1 amide bonds. The van der Waals surface area contributed by atoms with E-state index in [1.807, 2.05) is 0 Å². The van der Waals surface area contributed by atoms with Crippen LogP contribution in [-0.4, -0.2) is 43.8 Å². The van der Waals surface area contributed by atoms with Crippen molar-refractivity contribution in [2.24, 2.45) is 0 Å². The molecule has 0 saturated carbocycles.